The number of likely N-dealkylation sites (N-methyl/N-ethyl adjacent to an activating group) is 1. The van der Waals surface area contributed by atoms with Crippen molar-refractivity contribution < 1.29 is 9.53 Å². The van der Waals surface area contributed by atoms with Crippen LogP contribution in [0.5, 0.6) is 0 Å². The van der Waals surface area contributed by atoms with Gasteiger partial charge < -0.3 is 25.2 Å². The molecule has 0 spiro atoms. The van der Waals surface area contributed by atoms with E-state index in [1.165, 1.54) is 5.69 Å². The Bertz CT molecular complexity index is 535. The Hall–Kier alpha value is -1.63. The van der Waals surface area contributed by atoms with E-state index in [2.05, 4.69) is 39.6 Å². The molecule has 138 valence electrons. The zero-order valence-corrected chi connectivity index (χ0v) is 15.2. The average molecular weight is 346 g/mol. The summed E-state index contributed by atoms with van der Waals surface area (Å²) >= 11 is 0. The molecule has 2 aliphatic rings. The van der Waals surface area contributed by atoms with E-state index in [9.17, 15) is 4.79 Å². The number of anilines is 2. The molecule has 2 fully saturated rings. The Morgan fingerprint density at radius 2 is 1.96 bits per heavy atom. The summed E-state index contributed by atoms with van der Waals surface area (Å²) in [6.07, 6.45) is 3.08. The molecule has 0 saturated carbocycles. The summed E-state index contributed by atoms with van der Waals surface area (Å²) < 4.78 is 5.55. The lowest BCUT2D eigenvalue weighted by atomic mass is 10.2. The predicted molar refractivity (Wildman–Crippen MR) is 101 cm³/mol. The molecule has 3 rings (SSSR count). The summed E-state index contributed by atoms with van der Waals surface area (Å²) in [6.45, 7) is 6.70. The monoisotopic (exact) mass is 346 g/mol. The third kappa shape index (κ3) is 5.70. The molecule has 1 unspecified atom stereocenters. The van der Waals surface area contributed by atoms with Crippen LogP contribution in [0.15, 0.2) is 24.3 Å². The summed E-state index contributed by atoms with van der Waals surface area (Å²) in [5, 5.41) is 6.27. The summed E-state index contributed by atoms with van der Waals surface area (Å²) in [5.74, 6) is 0.0483. The summed E-state index contributed by atoms with van der Waals surface area (Å²) in [5.41, 5.74) is 2.09. The zero-order valence-electron chi connectivity index (χ0n) is 15.2. The molecule has 6 nitrogen and oxygen atoms in total. The van der Waals surface area contributed by atoms with Gasteiger partial charge in [-0.25, -0.2) is 0 Å². The van der Waals surface area contributed by atoms with Crippen LogP contribution < -0.4 is 15.5 Å². The number of nitrogens with zero attached hydrogens (tertiary/aromatic N) is 2. The van der Waals surface area contributed by atoms with E-state index in [4.69, 9.17) is 4.74 Å². The smallest absolute Gasteiger partial charge is 0.225 e. The molecular formula is C19H30N4O2. The topological polar surface area (TPSA) is 56.8 Å². The van der Waals surface area contributed by atoms with Crippen LogP contribution in [0.4, 0.5) is 11.4 Å². The van der Waals surface area contributed by atoms with Crippen molar-refractivity contribution in [2.24, 2.45) is 0 Å². The highest BCUT2D eigenvalue weighted by atomic mass is 16.5. The van der Waals surface area contributed by atoms with E-state index in [-0.39, 0.29) is 5.91 Å². The van der Waals surface area contributed by atoms with Crippen molar-refractivity contribution in [1.29, 1.82) is 0 Å². The van der Waals surface area contributed by atoms with Gasteiger partial charge in [-0.05, 0) is 44.2 Å². The highest BCUT2D eigenvalue weighted by Crippen LogP contribution is 2.19. The van der Waals surface area contributed by atoms with Crippen LogP contribution in [-0.2, 0) is 9.53 Å². The lowest BCUT2D eigenvalue weighted by molar-refractivity contribution is -0.116. The van der Waals surface area contributed by atoms with Crippen LogP contribution in [0.2, 0.25) is 0 Å². The number of rotatable bonds is 7. The second-order valence-electron chi connectivity index (χ2n) is 6.97. The van der Waals surface area contributed by atoms with E-state index >= 15 is 0 Å². The van der Waals surface area contributed by atoms with Gasteiger partial charge in [-0.3, -0.25) is 4.79 Å². The van der Waals surface area contributed by atoms with Crippen molar-refractivity contribution in [3.8, 4) is 0 Å². The normalized spacial score (nSPS) is 21.5. The van der Waals surface area contributed by atoms with Gasteiger partial charge in [0, 0.05) is 63.7 Å². The summed E-state index contributed by atoms with van der Waals surface area (Å²) in [6, 6.07) is 8.17. The second-order valence-corrected chi connectivity index (χ2v) is 6.97. The number of hydrogen-bond donors (Lipinski definition) is 2. The number of piperazine rings is 1. The average Bonchev–Trinajstić information content (AvgIpc) is 3.14. The first-order chi connectivity index (χ1) is 12.2. The van der Waals surface area contributed by atoms with E-state index in [1.807, 2.05) is 12.1 Å². The minimum absolute atomic E-state index is 0.0483. The van der Waals surface area contributed by atoms with Crippen LogP contribution in [-0.4, -0.2) is 69.8 Å². The molecular weight excluding hydrogens is 316 g/mol. The molecule has 0 aromatic heterocycles. The number of ether oxygens (including phenoxy) is 1. The van der Waals surface area contributed by atoms with Gasteiger partial charge in [0.1, 0.15) is 0 Å². The molecule has 1 aromatic carbocycles. The summed E-state index contributed by atoms with van der Waals surface area (Å²) in [7, 11) is 2.16. The molecule has 2 aliphatic heterocycles. The fraction of sp³-hybridized carbons (Fsp3) is 0.632. The van der Waals surface area contributed by atoms with E-state index in [0.29, 0.717) is 19.1 Å². The van der Waals surface area contributed by atoms with Crippen molar-refractivity contribution >= 4 is 17.3 Å². The quantitative estimate of drug-likeness (QED) is 0.734. The van der Waals surface area contributed by atoms with Crippen LogP contribution in [0, 0.1) is 0 Å². The number of nitrogens with one attached hydrogen (secondary N) is 2. The Kier molecular flexibility index (Phi) is 6.67. The van der Waals surface area contributed by atoms with Gasteiger partial charge in [0.25, 0.3) is 0 Å². The molecule has 0 radical (unpaired) electrons. The molecule has 1 aromatic rings. The molecule has 1 atom stereocenters. The van der Waals surface area contributed by atoms with Gasteiger partial charge in [-0.2, -0.15) is 0 Å². The maximum absolute atomic E-state index is 12.0. The molecule has 0 aliphatic carbocycles. The molecule has 2 N–H and O–H groups in total. The van der Waals surface area contributed by atoms with E-state index in [0.717, 1.165) is 57.9 Å². The lowest BCUT2D eigenvalue weighted by Crippen LogP contribution is -2.44. The van der Waals surface area contributed by atoms with Crippen molar-refractivity contribution in [1.82, 2.24) is 10.2 Å². The maximum atomic E-state index is 12.0. The fourth-order valence-electron chi connectivity index (χ4n) is 3.31. The maximum Gasteiger partial charge on any atom is 0.225 e. The van der Waals surface area contributed by atoms with Gasteiger partial charge in [-0.15, -0.1) is 0 Å². The van der Waals surface area contributed by atoms with Crippen LogP contribution >= 0.6 is 0 Å². The first-order valence-corrected chi connectivity index (χ1v) is 9.36. The molecule has 6 heteroatoms. The fourth-order valence-corrected chi connectivity index (χ4v) is 3.31. The van der Waals surface area contributed by atoms with E-state index < -0.39 is 0 Å². The standard InChI is InChI=1S/C19H30N4O2/c1-22-10-12-23(13-11-22)17-6-4-16(5-7-17)21-19(24)8-9-20-15-18-3-2-14-25-18/h4-7,18,20H,2-3,8-15H2,1H3,(H,21,24). The Morgan fingerprint density at radius 1 is 1.20 bits per heavy atom. The van der Waals surface area contributed by atoms with Crippen LogP contribution in [0.1, 0.15) is 19.3 Å². The molecule has 0 bridgehead atoms. The highest BCUT2D eigenvalue weighted by molar-refractivity contribution is 5.91. The van der Waals surface area contributed by atoms with Gasteiger partial charge in [0.15, 0.2) is 0 Å². The Labute approximate surface area is 150 Å². The third-order valence-electron chi connectivity index (χ3n) is 4.94. The first-order valence-electron chi connectivity index (χ1n) is 9.36. The second kappa shape index (κ2) is 9.17. The van der Waals surface area contributed by atoms with Gasteiger partial charge in [0.05, 0.1) is 6.10 Å². The van der Waals surface area contributed by atoms with Gasteiger partial charge in [-0.1, -0.05) is 0 Å². The van der Waals surface area contributed by atoms with Gasteiger partial charge in [0.2, 0.25) is 5.91 Å². The van der Waals surface area contributed by atoms with E-state index in [1.54, 1.807) is 0 Å². The van der Waals surface area contributed by atoms with Crippen LogP contribution in [0.25, 0.3) is 0 Å². The number of hydrogen-bond acceptors (Lipinski definition) is 5. The predicted octanol–water partition coefficient (Wildman–Crippen LogP) is 1.54. The number of carbonyl (C=O) groups excluding carboxylic acids is 1. The van der Waals surface area contributed by atoms with Gasteiger partial charge >= 0.3 is 0 Å². The minimum Gasteiger partial charge on any atom is -0.377 e. The SMILES string of the molecule is CN1CCN(c2ccc(NC(=O)CCNCC3CCCO3)cc2)CC1. The molecule has 2 saturated heterocycles. The summed E-state index contributed by atoms with van der Waals surface area (Å²) in [4.78, 5) is 16.8. The molecule has 1 amide bonds. The Balaban J connectivity index is 1.36. The first kappa shape index (κ1) is 18.2. The highest BCUT2D eigenvalue weighted by Gasteiger charge is 2.15. The lowest BCUT2D eigenvalue weighted by Gasteiger charge is -2.34. The Morgan fingerprint density at radius 3 is 2.64 bits per heavy atom. The van der Waals surface area contributed by atoms with Crippen LogP contribution in [0.3, 0.4) is 0 Å². The zero-order chi connectivity index (χ0) is 17.5. The third-order valence-corrected chi connectivity index (χ3v) is 4.94. The van der Waals surface area contributed by atoms with Crippen molar-refractivity contribution in [2.45, 2.75) is 25.4 Å². The number of benzene rings is 1. The van der Waals surface area contributed by atoms with Crippen molar-refractivity contribution in [2.75, 3.05) is 63.1 Å². The minimum atomic E-state index is 0.0483. The van der Waals surface area contributed by atoms with Crippen molar-refractivity contribution in [3.05, 3.63) is 24.3 Å². The molecule has 2 heterocycles. The number of carbonyl (C=O) groups is 1. The largest absolute Gasteiger partial charge is 0.377 e. The van der Waals surface area contributed by atoms with Crippen molar-refractivity contribution in [3.63, 3.8) is 0 Å². The number of amides is 1. The molecule has 25 heavy (non-hydrogen) atoms.